The molecule has 0 spiro atoms. The number of hydrogen-bond donors (Lipinski definition) is 1. The average molecular weight is 345 g/mol. The van der Waals surface area contributed by atoms with E-state index in [1.165, 1.54) is 5.56 Å². The predicted octanol–water partition coefficient (Wildman–Crippen LogP) is 3.49. The lowest BCUT2D eigenvalue weighted by Gasteiger charge is -2.16. The Morgan fingerprint density at radius 3 is 2.77 bits per heavy atom. The average Bonchev–Trinajstić information content (AvgIpc) is 3.14. The number of carbonyl (C=O) groups excluding carboxylic acids is 1. The SMILES string of the molecule is O=C(NCC1CCN(Cc2ccncc2)C1)c1cccc2ccccc12. The zero-order chi connectivity index (χ0) is 17.8. The van der Waals surface area contributed by atoms with Crippen molar-refractivity contribution in [3.05, 3.63) is 78.1 Å². The van der Waals surface area contributed by atoms with Gasteiger partial charge in [0.15, 0.2) is 0 Å². The fourth-order valence-corrected chi connectivity index (χ4v) is 3.73. The van der Waals surface area contributed by atoms with E-state index in [-0.39, 0.29) is 5.91 Å². The van der Waals surface area contributed by atoms with E-state index in [1.807, 2.05) is 54.9 Å². The number of amides is 1. The van der Waals surface area contributed by atoms with Crippen molar-refractivity contribution in [2.75, 3.05) is 19.6 Å². The summed E-state index contributed by atoms with van der Waals surface area (Å²) in [5, 5.41) is 5.26. The van der Waals surface area contributed by atoms with Gasteiger partial charge in [0.05, 0.1) is 0 Å². The van der Waals surface area contributed by atoms with Crippen LogP contribution in [0.3, 0.4) is 0 Å². The van der Waals surface area contributed by atoms with E-state index >= 15 is 0 Å². The molecule has 4 rings (SSSR count). The minimum absolute atomic E-state index is 0.0226. The maximum Gasteiger partial charge on any atom is 0.251 e. The van der Waals surface area contributed by atoms with E-state index in [9.17, 15) is 4.79 Å². The monoisotopic (exact) mass is 345 g/mol. The highest BCUT2D eigenvalue weighted by molar-refractivity contribution is 6.06. The van der Waals surface area contributed by atoms with Gasteiger partial charge in [0.25, 0.3) is 5.91 Å². The van der Waals surface area contributed by atoms with Crippen LogP contribution in [0.4, 0.5) is 0 Å². The van der Waals surface area contributed by atoms with Gasteiger partial charge in [-0.25, -0.2) is 0 Å². The van der Waals surface area contributed by atoms with Crippen molar-refractivity contribution in [1.82, 2.24) is 15.2 Å². The molecule has 1 aliphatic heterocycles. The van der Waals surface area contributed by atoms with Crippen molar-refractivity contribution in [2.24, 2.45) is 5.92 Å². The molecule has 0 saturated carbocycles. The van der Waals surface area contributed by atoms with Crippen LogP contribution < -0.4 is 5.32 Å². The molecule has 2 heterocycles. The lowest BCUT2D eigenvalue weighted by atomic mass is 10.0. The number of nitrogens with zero attached hydrogens (tertiary/aromatic N) is 2. The molecule has 1 fully saturated rings. The number of likely N-dealkylation sites (tertiary alicyclic amines) is 1. The molecule has 1 aromatic heterocycles. The van der Waals surface area contributed by atoms with Crippen LogP contribution in [0.15, 0.2) is 67.0 Å². The normalized spacial score (nSPS) is 17.5. The molecule has 26 heavy (non-hydrogen) atoms. The molecule has 1 saturated heterocycles. The molecule has 0 radical (unpaired) electrons. The van der Waals surface area contributed by atoms with Gasteiger partial charge in [0, 0.05) is 37.6 Å². The van der Waals surface area contributed by atoms with Gasteiger partial charge in [0.1, 0.15) is 0 Å². The second kappa shape index (κ2) is 7.67. The van der Waals surface area contributed by atoms with E-state index < -0.39 is 0 Å². The van der Waals surface area contributed by atoms with Crippen LogP contribution in [0.2, 0.25) is 0 Å². The van der Waals surface area contributed by atoms with Crippen LogP contribution >= 0.6 is 0 Å². The summed E-state index contributed by atoms with van der Waals surface area (Å²) in [6.45, 7) is 3.79. The van der Waals surface area contributed by atoms with Gasteiger partial charge in [-0.15, -0.1) is 0 Å². The van der Waals surface area contributed by atoms with Gasteiger partial charge in [-0.05, 0) is 53.4 Å². The fraction of sp³-hybridized carbons (Fsp3) is 0.273. The second-order valence-corrected chi connectivity index (χ2v) is 6.98. The summed E-state index contributed by atoms with van der Waals surface area (Å²) in [5.41, 5.74) is 2.05. The van der Waals surface area contributed by atoms with Crippen molar-refractivity contribution < 1.29 is 4.79 Å². The van der Waals surface area contributed by atoms with E-state index in [0.29, 0.717) is 5.92 Å². The Labute approximate surface area is 153 Å². The van der Waals surface area contributed by atoms with Crippen molar-refractivity contribution >= 4 is 16.7 Å². The molecule has 132 valence electrons. The van der Waals surface area contributed by atoms with Gasteiger partial charge in [-0.2, -0.15) is 0 Å². The third-order valence-electron chi connectivity index (χ3n) is 5.11. The van der Waals surface area contributed by atoms with Gasteiger partial charge in [0.2, 0.25) is 0 Å². The van der Waals surface area contributed by atoms with Gasteiger partial charge in [-0.1, -0.05) is 36.4 Å². The molecule has 1 unspecified atom stereocenters. The molecule has 3 aromatic rings. The molecular weight excluding hydrogens is 322 g/mol. The summed E-state index contributed by atoms with van der Waals surface area (Å²) in [6.07, 6.45) is 4.81. The zero-order valence-corrected chi connectivity index (χ0v) is 14.8. The Balaban J connectivity index is 1.33. The van der Waals surface area contributed by atoms with Crippen LogP contribution in [-0.4, -0.2) is 35.4 Å². The molecule has 1 amide bonds. The summed E-state index contributed by atoms with van der Waals surface area (Å²) < 4.78 is 0. The van der Waals surface area contributed by atoms with Crippen molar-refractivity contribution in [1.29, 1.82) is 0 Å². The van der Waals surface area contributed by atoms with Crippen molar-refractivity contribution in [3.8, 4) is 0 Å². The first kappa shape index (κ1) is 16.7. The molecule has 0 bridgehead atoms. The molecule has 1 aliphatic rings. The van der Waals surface area contributed by atoms with E-state index in [0.717, 1.165) is 48.9 Å². The highest BCUT2D eigenvalue weighted by Gasteiger charge is 2.23. The smallest absolute Gasteiger partial charge is 0.251 e. The van der Waals surface area contributed by atoms with Gasteiger partial charge in [-0.3, -0.25) is 14.7 Å². The first-order valence-electron chi connectivity index (χ1n) is 9.17. The molecule has 4 heteroatoms. The van der Waals surface area contributed by atoms with Crippen molar-refractivity contribution in [2.45, 2.75) is 13.0 Å². The number of pyridine rings is 1. The molecule has 2 aromatic carbocycles. The predicted molar refractivity (Wildman–Crippen MR) is 104 cm³/mol. The number of hydrogen-bond acceptors (Lipinski definition) is 3. The maximum absolute atomic E-state index is 12.7. The van der Waals surface area contributed by atoms with Crippen LogP contribution in [-0.2, 0) is 6.54 Å². The lowest BCUT2D eigenvalue weighted by molar-refractivity contribution is 0.0949. The van der Waals surface area contributed by atoms with Gasteiger partial charge >= 0.3 is 0 Å². The molecule has 4 nitrogen and oxygen atoms in total. The Bertz CT molecular complexity index is 889. The van der Waals surface area contributed by atoms with Crippen LogP contribution in [0.25, 0.3) is 10.8 Å². The number of carbonyl (C=O) groups is 1. The number of rotatable bonds is 5. The summed E-state index contributed by atoms with van der Waals surface area (Å²) in [4.78, 5) is 19.2. The zero-order valence-electron chi connectivity index (χ0n) is 14.8. The summed E-state index contributed by atoms with van der Waals surface area (Å²) in [5.74, 6) is 0.533. The first-order valence-corrected chi connectivity index (χ1v) is 9.17. The summed E-state index contributed by atoms with van der Waals surface area (Å²) in [7, 11) is 0. The largest absolute Gasteiger partial charge is 0.352 e. The maximum atomic E-state index is 12.7. The van der Waals surface area contributed by atoms with Crippen molar-refractivity contribution in [3.63, 3.8) is 0 Å². The number of fused-ring (bicyclic) bond motifs is 1. The lowest BCUT2D eigenvalue weighted by Crippen LogP contribution is -2.31. The Morgan fingerprint density at radius 2 is 1.88 bits per heavy atom. The summed E-state index contributed by atoms with van der Waals surface area (Å²) >= 11 is 0. The van der Waals surface area contributed by atoms with E-state index in [1.54, 1.807) is 0 Å². The fourth-order valence-electron chi connectivity index (χ4n) is 3.73. The number of aromatic nitrogens is 1. The third-order valence-corrected chi connectivity index (χ3v) is 5.11. The minimum atomic E-state index is 0.0226. The number of nitrogens with one attached hydrogen (secondary N) is 1. The second-order valence-electron chi connectivity index (χ2n) is 6.98. The topological polar surface area (TPSA) is 45.2 Å². The van der Waals surface area contributed by atoms with Crippen LogP contribution in [0.5, 0.6) is 0 Å². The highest BCUT2D eigenvalue weighted by Crippen LogP contribution is 2.20. The summed E-state index contributed by atoms with van der Waals surface area (Å²) in [6, 6.07) is 18.1. The number of benzene rings is 2. The molecule has 0 aliphatic carbocycles. The standard InChI is InChI=1S/C22H23N3O/c26-22(21-7-3-5-19-4-1-2-6-20(19)21)24-14-18-10-13-25(16-18)15-17-8-11-23-12-9-17/h1-9,11-12,18H,10,13-16H2,(H,24,26). The van der Waals surface area contributed by atoms with E-state index in [2.05, 4.69) is 27.3 Å². The Hall–Kier alpha value is -2.72. The quantitative estimate of drug-likeness (QED) is 0.770. The van der Waals surface area contributed by atoms with Gasteiger partial charge < -0.3 is 5.32 Å². The third kappa shape index (κ3) is 3.75. The molecule has 1 atom stereocenters. The Morgan fingerprint density at radius 1 is 1.08 bits per heavy atom. The van der Waals surface area contributed by atoms with Crippen LogP contribution in [0.1, 0.15) is 22.3 Å². The highest BCUT2D eigenvalue weighted by atomic mass is 16.1. The molecule has 1 N–H and O–H groups in total. The first-order chi connectivity index (χ1) is 12.8. The van der Waals surface area contributed by atoms with E-state index in [4.69, 9.17) is 0 Å². The Kier molecular flexibility index (Phi) is 4.93. The molecular formula is C22H23N3O. The minimum Gasteiger partial charge on any atom is -0.352 e. The van der Waals surface area contributed by atoms with Crippen LogP contribution in [0, 0.1) is 5.92 Å².